The SMILES string of the molecule is CN=c1s[se]c2ccccc12. The van der Waals surface area contributed by atoms with Crippen LogP contribution in [0.15, 0.2) is 29.3 Å². The van der Waals surface area contributed by atoms with Gasteiger partial charge in [-0.05, 0) is 0 Å². The first-order valence-electron chi connectivity index (χ1n) is 3.32. The van der Waals surface area contributed by atoms with Crippen LogP contribution in [-0.2, 0) is 0 Å². The van der Waals surface area contributed by atoms with Gasteiger partial charge in [-0.15, -0.1) is 0 Å². The first-order valence-corrected chi connectivity index (χ1v) is 7.02. The molecule has 0 saturated carbocycles. The first kappa shape index (κ1) is 7.29. The van der Waals surface area contributed by atoms with Crippen LogP contribution in [0.3, 0.4) is 0 Å². The summed E-state index contributed by atoms with van der Waals surface area (Å²) in [4.78, 5) is 4.22. The van der Waals surface area contributed by atoms with Gasteiger partial charge in [0, 0.05) is 0 Å². The zero-order valence-corrected chi connectivity index (χ0v) is 8.60. The van der Waals surface area contributed by atoms with Crippen LogP contribution in [0.4, 0.5) is 0 Å². The molecule has 0 spiro atoms. The van der Waals surface area contributed by atoms with Crippen LogP contribution in [0.25, 0.3) is 9.65 Å². The molecule has 0 bridgehead atoms. The van der Waals surface area contributed by atoms with Crippen molar-refractivity contribution < 1.29 is 0 Å². The van der Waals surface area contributed by atoms with Gasteiger partial charge in [-0.25, -0.2) is 0 Å². The van der Waals surface area contributed by atoms with Gasteiger partial charge < -0.3 is 0 Å². The van der Waals surface area contributed by atoms with Crippen LogP contribution in [0.2, 0.25) is 0 Å². The molecule has 1 aromatic heterocycles. The Labute approximate surface area is 73.8 Å². The van der Waals surface area contributed by atoms with Gasteiger partial charge in [0.05, 0.1) is 0 Å². The van der Waals surface area contributed by atoms with Crippen LogP contribution >= 0.6 is 9.72 Å². The zero-order chi connectivity index (χ0) is 7.68. The van der Waals surface area contributed by atoms with Crippen molar-refractivity contribution in [1.82, 2.24) is 0 Å². The molecule has 2 rings (SSSR count). The minimum absolute atomic E-state index is 0.561. The molecule has 0 aliphatic carbocycles. The molecular weight excluding hydrogens is 221 g/mol. The fraction of sp³-hybridized carbons (Fsp3) is 0.125. The second kappa shape index (κ2) is 2.94. The van der Waals surface area contributed by atoms with Gasteiger partial charge in [-0.1, -0.05) is 0 Å². The molecule has 0 saturated heterocycles. The summed E-state index contributed by atoms with van der Waals surface area (Å²) >= 11 is 0.561. The van der Waals surface area contributed by atoms with Crippen molar-refractivity contribution in [3.63, 3.8) is 0 Å². The van der Waals surface area contributed by atoms with E-state index in [0.29, 0.717) is 13.3 Å². The predicted molar refractivity (Wildman–Crippen MR) is 50.3 cm³/mol. The van der Waals surface area contributed by atoms with Crippen molar-refractivity contribution in [2.24, 2.45) is 4.99 Å². The summed E-state index contributed by atoms with van der Waals surface area (Å²) in [5.74, 6) is 0. The molecule has 0 amide bonds. The van der Waals surface area contributed by atoms with Gasteiger partial charge in [0.2, 0.25) is 0 Å². The van der Waals surface area contributed by atoms with E-state index >= 15 is 0 Å². The second-order valence-corrected chi connectivity index (χ2v) is 5.93. The molecule has 56 valence electrons. The van der Waals surface area contributed by atoms with E-state index in [4.69, 9.17) is 0 Å². The van der Waals surface area contributed by atoms with Gasteiger partial charge >= 0.3 is 73.7 Å². The van der Waals surface area contributed by atoms with Gasteiger partial charge in [0.1, 0.15) is 0 Å². The number of nitrogens with zero attached hydrogens (tertiary/aromatic N) is 1. The number of rotatable bonds is 0. The summed E-state index contributed by atoms with van der Waals surface area (Å²) in [6.07, 6.45) is 0. The van der Waals surface area contributed by atoms with E-state index in [1.807, 2.05) is 16.8 Å². The molecule has 0 aliphatic rings. The molecule has 0 atom stereocenters. The van der Waals surface area contributed by atoms with Crippen LogP contribution in [0, 0.1) is 0 Å². The van der Waals surface area contributed by atoms with Gasteiger partial charge in [-0.3, -0.25) is 0 Å². The summed E-state index contributed by atoms with van der Waals surface area (Å²) in [5, 5.41) is 1.35. The molecule has 1 aromatic carbocycles. The number of benzene rings is 1. The number of hydrogen-bond acceptors (Lipinski definition) is 2. The quantitative estimate of drug-likeness (QED) is 0.606. The molecule has 0 fully saturated rings. The number of hydrogen-bond donors (Lipinski definition) is 0. The van der Waals surface area contributed by atoms with Crippen molar-refractivity contribution >= 4 is 32.7 Å². The average molecular weight is 228 g/mol. The third-order valence-corrected chi connectivity index (χ3v) is 5.75. The van der Waals surface area contributed by atoms with Crippen molar-refractivity contribution in [2.75, 3.05) is 7.05 Å². The first-order chi connectivity index (χ1) is 5.42. The van der Waals surface area contributed by atoms with E-state index in [0.717, 1.165) is 0 Å². The molecule has 0 unspecified atom stereocenters. The topological polar surface area (TPSA) is 12.4 Å². The van der Waals surface area contributed by atoms with E-state index in [1.54, 1.807) is 0 Å². The molecule has 0 radical (unpaired) electrons. The summed E-state index contributed by atoms with van der Waals surface area (Å²) in [7, 11) is 3.75. The maximum atomic E-state index is 4.22. The molecule has 1 nitrogen and oxygen atoms in total. The molecule has 1 heterocycles. The van der Waals surface area contributed by atoms with E-state index in [2.05, 4.69) is 29.3 Å². The van der Waals surface area contributed by atoms with Crippen molar-refractivity contribution in [2.45, 2.75) is 0 Å². The zero-order valence-electron chi connectivity index (χ0n) is 6.07. The van der Waals surface area contributed by atoms with Crippen LogP contribution in [-0.4, -0.2) is 20.4 Å². The minimum atomic E-state index is 0.561. The third-order valence-electron chi connectivity index (χ3n) is 1.53. The van der Waals surface area contributed by atoms with Gasteiger partial charge in [0.25, 0.3) is 0 Å². The van der Waals surface area contributed by atoms with Gasteiger partial charge in [0.15, 0.2) is 0 Å². The van der Waals surface area contributed by atoms with E-state index in [1.165, 1.54) is 14.3 Å². The predicted octanol–water partition coefficient (Wildman–Crippen LogP) is 1.49. The van der Waals surface area contributed by atoms with Crippen LogP contribution in [0.1, 0.15) is 0 Å². The van der Waals surface area contributed by atoms with E-state index in [9.17, 15) is 0 Å². The number of fused-ring (bicyclic) bond motifs is 1. The Balaban J connectivity index is 2.98. The summed E-state index contributed by atoms with van der Waals surface area (Å²) in [6.45, 7) is 0. The molecule has 11 heavy (non-hydrogen) atoms. The molecule has 0 aliphatic heterocycles. The Morgan fingerprint density at radius 2 is 2.18 bits per heavy atom. The standard InChI is InChI=1S/C8H7NSSe/c1-9-8-6-4-2-3-5-7(6)11-10-8/h2-5H,1H3. The Morgan fingerprint density at radius 1 is 1.36 bits per heavy atom. The molecule has 2 aromatic rings. The fourth-order valence-corrected chi connectivity index (χ4v) is 5.33. The second-order valence-electron chi connectivity index (χ2n) is 2.19. The summed E-state index contributed by atoms with van der Waals surface area (Å²) in [6, 6.07) is 8.52. The molecule has 0 N–H and O–H groups in total. The molecule has 3 heteroatoms. The summed E-state index contributed by atoms with van der Waals surface area (Å²) in [5.41, 5.74) is 0. The maximum absolute atomic E-state index is 4.22. The molecular formula is C8H7NSSe. The van der Waals surface area contributed by atoms with Crippen LogP contribution < -0.4 is 4.67 Å². The van der Waals surface area contributed by atoms with Crippen molar-refractivity contribution in [3.05, 3.63) is 28.9 Å². The summed E-state index contributed by atoms with van der Waals surface area (Å²) < 4.78 is 2.69. The monoisotopic (exact) mass is 229 g/mol. The Morgan fingerprint density at radius 3 is 3.00 bits per heavy atom. The Hall–Kier alpha value is -0.371. The van der Waals surface area contributed by atoms with Crippen molar-refractivity contribution in [3.8, 4) is 0 Å². The van der Waals surface area contributed by atoms with Crippen molar-refractivity contribution in [1.29, 1.82) is 0 Å². The Kier molecular flexibility index (Phi) is 1.94. The van der Waals surface area contributed by atoms with Crippen LogP contribution in [0.5, 0.6) is 0 Å². The third kappa shape index (κ3) is 1.20. The fourth-order valence-electron chi connectivity index (χ4n) is 1.00. The Bertz CT molecular complexity index is 427. The normalized spacial score (nSPS) is 12.6. The van der Waals surface area contributed by atoms with E-state index in [-0.39, 0.29) is 0 Å². The van der Waals surface area contributed by atoms with Gasteiger partial charge in [-0.2, -0.15) is 0 Å². The average Bonchev–Trinajstić information content (AvgIpc) is 2.47. The van der Waals surface area contributed by atoms with E-state index < -0.39 is 0 Å².